The van der Waals surface area contributed by atoms with Crippen LogP contribution in [0.3, 0.4) is 0 Å². The van der Waals surface area contributed by atoms with Crippen LogP contribution >= 0.6 is 11.3 Å². The molecule has 0 aliphatic carbocycles. The van der Waals surface area contributed by atoms with Crippen LogP contribution in [0.2, 0.25) is 0 Å². The van der Waals surface area contributed by atoms with E-state index in [0.717, 1.165) is 0 Å². The number of carbonyl (C=O) groups is 2. The summed E-state index contributed by atoms with van der Waals surface area (Å²) in [6.45, 7) is 0. The fourth-order valence-corrected chi connectivity index (χ4v) is 1.32. The average molecular weight is 214 g/mol. The number of nitrogens with one attached hydrogen (secondary N) is 3. The van der Waals surface area contributed by atoms with Gasteiger partial charge in [-0.15, -0.1) is 11.3 Å². The van der Waals surface area contributed by atoms with Crippen LogP contribution in [0.25, 0.3) is 0 Å². The minimum Gasteiger partial charge on any atom is -0.302 e. The topological polar surface area (TPSA) is 83.1 Å². The number of aromatic nitrogens is 1. The number of hydrazine groups is 1. The van der Waals surface area contributed by atoms with Gasteiger partial charge >= 0.3 is 0 Å². The molecule has 6 nitrogen and oxygen atoms in total. The molecule has 0 saturated heterocycles. The van der Waals surface area contributed by atoms with Crippen molar-refractivity contribution in [2.75, 3.05) is 12.4 Å². The summed E-state index contributed by atoms with van der Waals surface area (Å²) in [5.41, 5.74) is 4.73. The van der Waals surface area contributed by atoms with Crippen molar-refractivity contribution in [1.29, 1.82) is 0 Å². The maximum Gasteiger partial charge on any atom is 0.243 e. The van der Waals surface area contributed by atoms with Gasteiger partial charge in [0.25, 0.3) is 0 Å². The lowest BCUT2D eigenvalue weighted by Crippen LogP contribution is -2.36. The highest BCUT2D eigenvalue weighted by Crippen LogP contribution is 2.09. The van der Waals surface area contributed by atoms with Gasteiger partial charge in [0.15, 0.2) is 5.13 Å². The first kappa shape index (κ1) is 10.6. The lowest BCUT2D eigenvalue weighted by Gasteiger charge is -2.02. The van der Waals surface area contributed by atoms with E-state index < -0.39 is 0 Å². The zero-order valence-electron chi connectivity index (χ0n) is 7.53. The molecule has 14 heavy (non-hydrogen) atoms. The quantitative estimate of drug-likeness (QED) is 0.475. The van der Waals surface area contributed by atoms with Crippen LogP contribution in [0.15, 0.2) is 11.6 Å². The molecule has 0 atom stereocenters. The summed E-state index contributed by atoms with van der Waals surface area (Å²) in [7, 11) is 1.55. The Balaban J connectivity index is 2.33. The predicted molar refractivity (Wildman–Crippen MR) is 52.6 cm³/mol. The summed E-state index contributed by atoms with van der Waals surface area (Å²) in [5.74, 6) is -0.769. The van der Waals surface area contributed by atoms with Crippen LogP contribution < -0.4 is 16.2 Å². The van der Waals surface area contributed by atoms with Crippen molar-refractivity contribution in [2.24, 2.45) is 0 Å². The molecule has 0 fully saturated rings. The first-order chi connectivity index (χ1) is 6.72. The van der Waals surface area contributed by atoms with Gasteiger partial charge < -0.3 is 5.32 Å². The Bertz CT molecular complexity index is 311. The molecule has 1 heterocycles. The molecule has 0 bridgehead atoms. The van der Waals surface area contributed by atoms with E-state index in [4.69, 9.17) is 0 Å². The smallest absolute Gasteiger partial charge is 0.243 e. The molecule has 0 aliphatic rings. The lowest BCUT2D eigenvalue weighted by atomic mass is 10.4. The zero-order valence-corrected chi connectivity index (χ0v) is 8.35. The van der Waals surface area contributed by atoms with Crippen LogP contribution in [-0.2, 0) is 9.59 Å². The minimum atomic E-state index is -0.387. The fourth-order valence-electron chi connectivity index (χ4n) is 0.778. The van der Waals surface area contributed by atoms with E-state index in [0.29, 0.717) is 5.13 Å². The molecule has 0 saturated carbocycles. The maximum absolute atomic E-state index is 11.2. The molecular weight excluding hydrogens is 204 g/mol. The number of rotatable bonds is 4. The van der Waals surface area contributed by atoms with Gasteiger partial charge in [0, 0.05) is 18.6 Å². The first-order valence-corrected chi connectivity index (χ1v) is 4.75. The molecule has 0 spiro atoms. The number of anilines is 1. The molecule has 7 heteroatoms. The van der Waals surface area contributed by atoms with Gasteiger partial charge in [0.2, 0.25) is 11.8 Å². The molecule has 1 aromatic heterocycles. The van der Waals surface area contributed by atoms with E-state index in [1.807, 2.05) is 0 Å². The van der Waals surface area contributed by atoms with Gasteiger partial charge in [-0.2, -0.15) is 0 Å². The van der Waals surface area contributed by atoms with Crippen molar-refractivity contribution < 1.29 is 9.59 Å². The monoisotopic (exact) mass is 214 g/mol. The Morgan fingerprint density at radius 1 is 1.50 bits per heavy atom. The van der Waals surface area contributed by atoms with Crippen LogP contribution in [0.5, 0.6) is 0 Å². The molecule has 1 rings (SSSR count). The summed E-state index contributed by atoms with van der Waals surface area (Å²) in [4.78, 5) is 25.9. The SMILES string of the molecule is CNNC(=O)CC(=O)Nc1nccs1. The summed E-state index contributed by atoms with van der Waals surface area (Å²) >= 11 is 1.30. The second-order valence-electron chi connectivity index (χ2n) is 2.36. The maximum atomic E-state index is 11.2. The Kier molecular flexibility index (Phi) is 4.02. The molecule has 0 radical (unpaired) electrons. The molecule has 0 aliphatic heterocycles. The number of hydrogen-bond donors (Lipinski definition) is 3. The lowest BCUT2D eigenvalue weighted by molar-refractivity contribution is -0.127. The van der Waals surface area contributed by atoms with Gasteiger partial charge in [-0.05, 0) is 0 Å². The number of thiazole rings is 1. The second-order valence-corrected chi connectivity index (χ2v) is 3.25. The fraction of sp³-hybridized carbons (Fsp3) is 0.286. The highest BCUT2D eigenvalue weighted by Gasteiger charge is 2.09. The van der Waals surface area contributed by atoms with Gasteiger partial charge in [-0.25, -0.2) is 10.4 Å². The molecular formula is C7H10N4O2S. The Morgan fingerprint density at radius 2 is 2.29 bits per heavy atom. The van der Waals surface area contributed by atoms with Crippen LogP contribution in [0.4, 0.5) is 5.13 Å². The third kappa shape index (κ3) is 3.50. The third-order valence-electron chi connectivity index (χ3n) is 1.26. The van der Waals surface area contributed by atoms with Gasteiger partial charge in [-0.3, -0.25) is 15.0 Å². The summed E-state index contributed by atoms with van der Waals surface area (Å²) in [5, 5.41) is 4.72. The van der Waals surface area contributed by atoms with Crippen molar-refractivity contribution in [3.63, 3.8) is 0 Å². The highest BCUT2D eigenvalue weighted by atomic mass is 32.1. The number of amides is 2. The average Bonchev–Trinajstić information content (AvgIpc) is 2.56. The molecule has 0 aromatic carbocycles. The molecule has 1 aromatic rings. The third-order valence-corrected chi connectivity index (χ3v) is 1.95. The standard InChI is InChI=1S/C7H10N4O2S/c1-8-11-6(13)4-5(12)10-7-9-2-3-14-7/h2-3,8H,4H2,1H3,(H,11,13)(H,9,10,12). The van der Waals surface area contributed by atoms with E-state index in [1.165, 1.54) is 11.3 Å². The predicted octanol–water partition coefficient (Wildman–Crippen LogP) is -0.278. The Hall–Kier alpha value is -1.47. The Morgan fingerprint density at radius 3 is 2.86 bits per heavy atom. The number of nitrogens with zero attached hydrogens (tertiary/aromatic N) is 1. The van der Waals surface area contributed by atoms with Crippen molar-refractivity contribution >= 4 is 28.3 Å². The van der Waals surface area contributed by atoms with Gasteiger partial charge in [0.1, 0.15) is 6.42 Å². The first-order valence-electron chi connectivity index (χ1n) is 3.87. The number of carbonyl (C=O) groups excluding carboxylic acids is 2. The Labute approximate surface area is 84.7 Å². The van der Waals surface area contributed by atoms with E-state index in [9.17, 15) is 9.59 Å². The summed E-state index contributed by atoms with van der Waals surface area (Å²) < 4.78 is 0. The van der Waals surface area contributed by atoms with Crippen molar-refractivity contribution in [1.82, 2.24) is 15.8 Å². The van der Waals surface area contributed by atoms with Crippen molar-refractivity contribution in [3.05, 3.63) is 11.6 Å². The molecule has 76 valence electrons. The number of hydrogen-bond acceptors (Lipinski definition) is 5. The zero-order chi connectivity index (χ0) is 10.4. The van der Waals surface area contributed by atoms with E-state index in [-0.39, 0.29) is 18.2 Å². The van der Waals surface area contributed by atoms with E-state index >= 15 is 0 Å². The second kappa shape index (κ2) is 5.30. The van der Waals surface area contributed by atoms with Crippen LogP contribution in [-0.4, -0.2) is 23.8 Å². The largest absolute Gasteiger partial charge is 0.302 e. The molecule has 3 N–H and O–H groups in total. The molecule has 2 amide bonds. The van der Waals surface area contributed by atoms with Crippen LogP contribution in [0.1, 0.15) is 6.42 Å². The van der Waals surface area contributed by atoms with Crippen molar-refractivity contribution in [3.8, 4) is 0 Å². The highest BCUT2D eigenvalue weighted by molar-refractivity contribution is 7.13. The van der Waals surface area contributed by atoms with Gasteiger partial charge in [-0.1, -0.05) is 0 Å². The summed E-state index contributed by atoms with van der Waals surface area (Å²) in [6.07, 6.45) is 1.36. The van der Waals surface area contributed by atoms with E-state index in [1.54, 1.807) is 18.6 Å². The van der Waals surface area contributed by atoms with Crippen molar-refractivity contribution in [2.45, 2.75) is 6.42 Å². The van der Waals surface area contributed by atoms with Crippen LogP contribution in [0, 0.1) is 0 Å². The summed E-state index contributed by atoms with van der Waals surface area (Å²) in [6, 6.07) is 0. The van der Waals surface area contributed by atoms with E-state index in [2.05, 4.69) is 21.2 Å². The van der Waals surface area contributed by atoms with Gasteiger partial charge in [0.05, 0.1) is 0 Å². The minimum absolute atomic E-state index is 0.222. The normalized spacial score (nSPS) is 9.50. The molecule has 0 unspecified atom stereocenters.